The summed E-state index contributed by atoms with van der Waals surface area (Å²) in [5.74, 6) is -0.314. The molecule has 32 heavy (non-hydrogen) atoms. The Morgan fingerprint density at radius 1 is 1.12 bits per heavy atom. The number of H-pyrrole nitrogens is 1. The molecule has 1 amide bonds. The number of carbonyl (C=O) groups is 2. The molecule has 2 heterocycles. The Bertz CT molecular complexity index is 1380. The van der Waals surface area contributed by atoms with Crippen LogP contribution in [-0.2, 0) is 4.79 Å². The predicted molar refractivity (Wildman–Crippen MR) is 131 cm³/mol. The maximum Gasteiger partial charge on any atom is 0.260 e. The third-order valence-electron chi connectivity index (χ3n) is 4.97. The molecular weight excluding hydrogens is 442 g/mol. The lowest BCUT2D eigenvalue weighted by molar-refractivity contribution is -0.115. The van der Waals surface area contributed by atoms with E-state index in [1.54, 1.807) is 31.2 Å². The van der Waals surface area contributed by atoms with Gasteiger partial charge in [-0.05, 0) is 38.5 Å². The van der Waals surface area contributed by atoms with Crippen molar-refractivity contribution in [2.75, 3.05) is 5.32 Å². The molecule has 0 fully saturated rings. The van der Waals surface area contributed by atoms with E-state index in [1.165, 1.54) is 30.0 Å². The maximum absolute atomic E-state index is 12.9. The van der Waals surface area contributed by atoms with Gasteiger partial charge in [0, 0.05) is 21.7 Å². The number of benzene rings is 2. The van der Waals surface area contributed by atoms with Crippen molar-refractivity contribution in [3.63, 3.8) is 0 Å². The molecule has 0 aliphatic rings. The molecule has 1 atom stereocenters. The van der Waals surface area contributed by atoms with Gasteiger partial charge in [0.25, 0.3) is 5.56 Å². The zero-order chi connectivity index (χ0) is 22.8. The number of aromatic amines is 1. The van der Waals surface area contributed by atoms with E-state index in [0.717, 1.165) is 16.0 Å². The summed E-state index contributed by atoms with van der Waals surface area (Å²) in [4.78, 5) is 46.2. The van der Waals surface area contributed by atoms with Gasteiger partial charge in [-0.3, -0.25) is 14.4 Å². The molecule has 0 spiro atoms. The molecule has 1 unspecified atom stereocenters. The monoisotopic (exact) mass is 463 g/mol. The number of hydrogen-bond donors (Lipinski definition) is 2. The lowest BCUT2D eigenvalue weighted by atomic mass is 10.0. The molecule has 6 nitrogen and oxygen atoms in total. The van der Waals surface area contributed by atoms with Crippen molar-refractivity contribution in [3.8, 4) is 11.1 Å². The van der Waals surface area contributed by atoms with Crippen molar-refractivity contribution in [1.82, 2.24) is 9.97 Å². The normalized spacial score (nSPS) is 12.0. The summed E-state index contributed by atoms with van der Waals surface area (Å²) in [6, 6.07) is 16.6. The van der Waals surface area contributed by atoms with Gasteiger partial charge in [0.05, 0.1) is 10.6 Å². The molecule has 0 radical (unpaired) electrons. The number of ketones is 1. The minimum atomic E-state index is -0.508. The minimum Gasteiger partial charge on any atom is -0.325 e. The van der Waals surface area contributed by atoms with E-state index in [0.29, 0.717) is 26.6 Å². The van der Waals surface area contributed by atoms with E-state index in [4.69, 9.17) is 0 Å². The molecule has 162 valence electrons. The van der Waals surface area contributed by atoms with E-state index in [9.17, 15) is 14.4 Å². The fourth-order valence-electron chi connectivity index (χ4n) is 3.39. The Balaban J connectivity index is 1.57. The van der Waals surface area contributed by atoms with E-state index in [-0.39, 0.29) is 17.2 Å². The highest BCUT2D eigenvalue weighted by Crippen LogP contribution is 2.36. The van der Waals surface area contributed by atoms with Gasteiger partial charge in [-0.2, -0.15) is 0 Å². The highest BCUT2D eigenvalue weighted by Gasteiger charge is 2.20. The molecule has 2 N–H and O–H groups in total. The van der Waals surface area contributed by atoms with Crippen LogP contribution in [-0.4, -0.2) is 26.9 Å². The van der Waals surface area contributed by atoms with Crippen LogP contribution in [0.1, 0.15) is 29.1 Å². The molecular formula is C24H21N3O3S2. The fraction of sp³-hybridized carbons (Fsp3) is 0.167. The first-order chi connectivity index (χ1) is 15.3. The Hall–Kier alpha value is -3.23. The first-order valence-corrected chi connectivity index (χ1v) is 11.7. The molecule has 0 saturated heterocycles. The van der Waals surface area contributed by atoms with Crippen LogP contribution in [0.4, 0.5) is 5.69 Å². The van der Waals surface area contributed by atoms with Gasteiger partial charge in [-0.1, -0.05) is 54.2 Å². The summed E-state index contributed by atoms with van der Waals surface area (Å²) >= 11 is 2.65. The minimum absolute atomic E-state index is 0.0697. The van der Waals surface area contributed by atoms with Gasteiger partial charge in [0.2, 0.25) is 5.91 Å². The van der Waals surface area contributed by atoms with Crippen LogP contribution >= 0.6 is 23.1 Å². The number of Topliss-reactive ketones (excluding diaryl/α,β-unsaturated/α-hetero) is 1. The van der Waals surface area contributed by atoms with E-state index < -0.39 is 5.25 Å². The van der Waals surface area contributed by atoms with Gasteiger partial charge in [0.15, 0.2) is 10.9 Å². The summed E-state index contributed by atoms with van der Waals surface area (Å²) in [6.07, 6.45) is 0. The molecule has 8 heteroatoms. The zero-order valence-electron chi connectivity index (χ0n) is 17.8. The topological polar surface area (TPSA) is 91.9 Å². The predicted octanol–water partition coefficient (Wildman–Crippen LogP) is 5.28. The summed E-state index contributed by atoms with van der Waals surface area (Å²) in [6.45, 7) is 5.20. The zero-order valence-corrected chi connectivity index (χ0v) is 19.4. The summed E-state index contributed by atoms with van der Waals surface area (Å²) < 4.78 is 0. The summed E-state index contributed by atoms with van der Waals surface area (Å²) in [5, 5.41) is 3.27. The smallest absolute Gasteiger partial charge is 0.260 e. The quantitative estimate of drug-likeness (QED) is 0.231. The molecule has 0 aliphatic carbocycles. The van der Waals surface area contributed by atoms with Crippen molar-refractivity contribution in [1.29, 1.82) is 0 Å². The van der Waals surface area contributed by atoms with Crippen molar-refractivity contribution < 1.29 is 9.59 Å². The number of nitrogens with one attached hydrogen (secondary N) is 2. The van der Waals surface area contributed by atoms with Crippen LogP contribution < -0.4 is 10.9 Å². The van der Waals surface area contributed by atoms with Gasteiger partial charge in [0.1, 0.15) is 4.83 Å². The number of anilines is 1. The molecule has 4 aromatic rings. The van der Waals surface area contributed by atoms with Crippen LogP contribution in [0.5, 0.6) is 0 Å². The number of aryl methyl sites for hydroxylation is 1. The highest BCUT2D eigenvalue weighted by atomic mass is 32.2. The Morgan fingerprint density at radius 3 is 2.59 bits per heavy atom. The summed E-state index contributed by atoms with van der Waals surface area (Å²) in [5.41, 5.74) is 2.73. The molecule has 0 bridgehead atoms. The van der Waals surface area contributed by atoms with Crippen molar-refractivity contribution in [2.45, 2.75) is 31.2 Å². The first-order valence-electron chi connectivity index (χ1n) is 10.0. The second-order valence-corrected chi connectivity index (χ2v) is 9.87. The number of thiophene rings is 1. The molecule has 2 aromatic carbocycles. The third-order valence-corrected chi connectivity index (χ3v) is 6.96. The van der Waals surface area contributed by atoms with Crippen LogP contribution in [0.25, 0.3) is 21.3 Å². The Morgan fingerprint density at radius 2 is 1.88 bits per heavy atom. The van der Waals surface area contributed by atoms with Gasteiger partial charge in [-0.15, -0.1) is 11.3 Å². The van der Waals surface area contributed by atoms with Crippen LogP contribution in [0, 0.1) is 6.92 Å². The number of nitrogens with zero attached hydrogens (tertiary/aromatic N) is 1. The van der Waals surface area contributed by atoms with Gasteiger partial charge >= 0.3 is 0 Å². The number of fused-ring (bicyclic) bond motifs is 1. The first kappa shape index (κ1) is 22.0. The Kier molecular flexibility index (Phi) is 6.25. The van der Waals surface area contributed by atoms with Crippen molar-refractivity contribution in [2.24, 2.45) is 0 Å². The maximum atomic E-state index is 12.9. The van der Waals surface area contributed by atoms with Crippen molar-refractivity contribution >= 4 is 50.7 Å². The third kappa shape index (κ3) is 4.51. The number of aromatic nitrogens is 2. The van der Waals surface area contributed by atoms with Crippen molar-refractivity contribution in [3.05, 3.63) is 75.4 Å². The van der Waals surface area contributed by atoms with E-state index in [1.807, 2.05) is 37.3 Å². The van der Waals surface area contributed by atoms with Gasteiger partial charge < -0.3 is 10.3 Å². The summed E-state index contributed by atoms with van der Waals surface area (Å²) in [7, 11) is 0. The number of thioether (sulfide) groups is 1. The number of rotatable bonds is 6. The van der Waals surface area contributed by atoms with Gasteiger partial charge in [-0.25, -0.2) is 4.98 Å². The molecule has 2 aromatic heterocycles. The molecule has 0 saturated carbocycles. The lowest BCUT2D eigenvalue weighted by Crippen LogP contribution is -2.23. The van der Waals surface area contributed by atoms with E-state index >= 15 is 0 Å². The van der Waals surface area contributed by atoms with E-state index in [2.05, 4.69) is 15.3 Å². The Labute approximate surface area is 193 Å². The van der Waals surface area contributed by atoms with Crippen LogP contribution in [0.15, 0.2) is 64.5 Å². The second-order valence-electron chi connectivity index (χ2n) is 7.34. The molecule has 0 aliphatic heterocycles. The standard InChI is InChI=1S/C24H21N3O3S2/c1-13(28)17-10-7-11-18(12-17)25-21(29)15(3)32-24-26-22(30)20-19(14(2)31-23(20)27-24)16-8-5-4-6-9-16/h4-12,15H,1-3H3,(H,25,29)(H,26,27,30). The highest BCUT2D eigenvalue weighted by molar-refractivity contribution is 8.00. The SMILES string of the molecule is CC(=O)c1cccc(NC(=O)C(C)Sc2nc3sc(C)c(-c4ccccc4)c3c(=O)[nH]2)c1. The second kappa shape index (κ2) is 9.10. The number of amides is 1. The van der Waals surface area contributed by atoms with Crippen LogP contribution in [0.2, 0.25) is 0 Å². The number of carbonyl (C=O) groups excluding carboxylic acids is 2. The largest absolute Gasteiger partial charge is 0.325 e. The van der Waals surface area contributed by atoms with Crippen LogP contribution in [0.3, 0.4) is 0 Å². The number of hydrogen-bond acceptors (Lipinski definition) is 6. The molecule has 4 rings (SSSR count). The average Bonchev–Trinajstić information content (AvgIpc) is 3.10. The average molecular weight is 464 g/mol. The fourth-order valence-corrected chi connectivity index (χ4v) is 5.29. The lowest BCUT2D eigenvalue weighted by Gasteiger charge is -2.12.